The van der Waals surface area contributed by atoms with Gasteiger partial charge in [-0.15, -0.1) is 22.7 Å². The summed E-state index contributed by atoms with van der Waals surface area (Å²) in [5.74, 6) is 1.01. The van der Waals surface area contributed by atoms with E-state index in [1.807, 2.05) is 48.6 Å². The number of thiazole rings is 2. The molecule has 0 aliphatic carbocycles. The van der Waals surface area contributed by atoms with Crippen LogP contribution in [0, 0.1) is 13.8 Å². The molecule has 226 valence electrons. The molecule has 2 heterocycles. The van der Waals surface area contributed by atoms with Gasteiger partial charge in [-0.25, -0.2) is 9.97 Å². The van der Waals surface area contributed by atoms with Crippen molar-refractivity contribution in [2.75, 3.05) is 13.9 Å². The van der Waals surface area contributed by atoms with E-state index >= 15 is 0 Å². The smallest absolute Gasteiger partial charge is 0.188 e. The maximum absolute atomic E-state index is 9.47. The van der Waals surface area contributed by atoms with Crippen molar-refractivity contribution in [3.63, 3.8) is 0 Å². The standard InChI is InChI=1S/C18H16BrNO2S.C16H12BrNOS.CH4/c1-12-3-7-17-15(9-12)20-18(23-17)8-5-13-4-6-16(14(19)10-13)22-11-21-2;1-10-2-6-15-13(8-10)18-16(20-15)7-4-11-3-5-14(19)12(17)9-11;/h3-10H,11H2,1-2H3;2-9,19H,1H3;1H4/b8-5+;7-4+;. The Hall–Kier alpha value is -3.34. The van der Waals surface area contributed by atoms with E-state index in [2.05, 4.69) is 98.1 Å². The van der Waals surface area contributed by atoms with Crippen LogP contribution in [0.3, 0.4) is 0 Å². The third-order valence-electron chi connectivity index (χ3n) is 6.22. The van der Waals surface area contributed by atoms with Crippen LogP contribution in [0.2, 0.25) is 0 Å². The molecule has 1 N–H and O–H groups in total. The second-order valence-corrected chi connectivity index (χ2v) is 13.5. The Balaban J connectivity index is 0.000000198. The lowest BCUT2D eigenvalue weighted by Crippen LogP contribution is -1.99. The minimum absolute atomic E-state index is 0. The van der Waals surface area contributed by atoms with Gasteiger partial charge in [0, 0.05) is 7.11 Å². The topological polar surface area (TPSA) is 64.5 Å². The summed E-state index contributed by atoms with van der Waals surface area (Å²) < 4.78 is 14.4. The number of hydrogen-bond acceptors (Lipinski definition) is 7. The molecule has 6 rings (SSSR count). The van der Waals surface area contributed by atoms with E-state index in [0.717, 1.165) is 42.4 Å². The molecule has 0 saturated heterocycles. The van der Waals surface area contributed by atoms with E-state index in [9.17, 15) is 5.11 Å². The van der Waals surface area contributed by atoms with Gasteiger partial charge in [-0.05, 0) is 129 Å². The van der Waals surface area contributed by atoms with Crippen molar-refractivity contribution in [2.45, 2.75) is 21.3 Å². The van der Waals surface area contributed by atoms with Crippen LogP contribution in [0.25, 0.3) is 44.7 Å². The number of rotatable bonds is 7. The van der Waals surface area contributed by atoms with E-state index < -0.39 is 0 Å². The molecule has 9 heteroatoms. The number of hydrogen-bond donors (Lipinski definition) is 1. The van der Waals surface area contributed by atoms with E-state index in [-0.39, 0.29) is 20.0 Å². The first-order valence-corrected chi connectivity index (χ1v) is 16.5. The molecule has 0 radical (unpaired) electrons. The Bertz CT molecular complexity index is 1950. The number of methoxy groups -OCH3 is 1. The number of halogens is 2. The van der Waals surface area contributed by atoms with E-state index in [1.54, 1.807) is 35.8 Å². The van der Waals surface area contributed by atoms with Crippen LogP contribution >= 0.6 is 54.5 Å². The van der Waals surface area contributed by atoms with Crippen molar-refractivity contribution in [3.05, 3.63) is 114 Å². The number of benzene rings is 4. The van der Waals surface area contributed by atoms with Crippen LogP contribution in [0.4, 0.5) is 0 Å². The Kier molecular flexibility index (Phi) is 11.9. The summed E-state index contributed by atoms with van der Waals surface area (Å²) in [6, 6.07) is 24.0. The van der Waals surface area contributed by atoms with Gasteiger partial charge in [0.15, 0.2) is 6.79 Å². The normalized spacial score (nSPS) is 11.2. The van der Waals surface area contributed by atoms with Crippen molar-refractivity contribution in [2.24, 2.45) is 0 Å². The van der Waals surface area contributed by atoms with E-state index in [4.69, 9.17) is 9.47 Å². The molecule has 0 fully saturated rings. The number of ether oxygens (including phenoxy) is 2. The molecule has 44 heavy (non-hydrogen) atoms. The molecule has 0 saturated carbocycles. The lowest BCUT2D eigenvalue weighted by Gasteiger charge is -2.07. The molecular formula is C35H32Br2N2O3S2. The highest BCUT2D eigenvalue weighted by Gasteiger charge is 2.04. The second-order valence-electron chi connectivity index (χ2n) is 9.66. The fourth-order valence-corrected chi connectivity index (χ4v) is 6.68. The maximum Gasteiger partial charge on any atom is 0.188 e. The molecule has 2 aromatic heterocycles. The van der Waals surface area contributed by atoms with Crippen LogP contribution in [-0.2, 0) is 4.74 Å². The molecule has 5 nitrogen and oxygen atoms in total. The van der Waals surface area contributed by atoms with E-state index in [0.29, 0.717) is 4.47 Å². The summed E-state index contributed by atoms with van der Waals surface area (Å²) in [5.41, 5.74) is 6.65. The molecular weight excluding hydrogens is 720 g/mol. The van der Waals surface area contributed by atoms with Gasteiger partial charge in [0.1, 0.15) is 21.5 Å². The zero-order chi connectivity index (χ0) is 30.3. The molecule has 0 aliphatic rings. The summed E-state index contributed by atoms with van der Waals surface area (Å²) in [6.07, 6.45) is 8.08. The number of phenols is 1. The number of aryl methyl sites for hydroxylation is 2. The van der Waals surface area contributed by atoms with Crippen molar-refractivity contribution in [1.29, 1.82) is 0 Å². The van der Waals surface area contributed by atoms with Gasteiger partial charge in [0.25, 0.3) is 0 Å². The molecule has 0 spiro atoms. The van der Waals surface area contributed by atoms with Crippen LogP contribution in [0.15, 0.2) is 81.7 Å². The predicted octanol–water partition coefficient (Wildman–Crippen LogP) is 11.4. The zero-order valence-electron chi connectivity index (χ0n) is 23.7. The predicted molar refractivity (Wildman–Crippen MR) is 196 cm³/mol. The number of nitrogens with zero attached hydrogens (tertiary/aromatic N) is 2. The highest BCUT2D eigenvalue weighted by Crippen LogP contribution is 2.29. The fourth-order valence-electron chi connectivity index (χ4n) is 4.08. The summed E-state index contributed by atoms with van der Waals surface area (Å²) in [6.45, 7) is 4.39. The van der Waals surface area contributed by atoms with Gasteiger partial charge in [-0.1, -0.05) is 43.8 Å². The lowest BCUT2D eigenvalue weighted by molar-refractivity contribution is 0.0506. The minimum Gasteiger partial charge on any atom is -0.507 e. The third kappa shape index (κ3) is 8.86. The Labute approximate surface area is 282 Å². The van der Waals surface area contributed by atoms with Crippen LogP contribution in [0.5, 0.6) is 11.5 Å². The first-order valence-electron chi connectivity index (χ1n) is 13.3. The molecule has 0 aliphatic heterocycles. The first-order chi connectivity index (χ1) is 20.8. The average Bonchev–Trinajstić information content (AvgIpc) is 3.59. The first kappa shape index (κ1) is 33.6. The Morgan fingerprint density at radius 3 is 1.73 bits per heavy atom. The van der Waals surface area contributed by atoms with Gasteiger partial charge in [0.05, 0.1) is 29.4 Å². The Morgan fingerprint density at radius 1 is 0.705 bits per heavy atom. The number of aromatic nitrogens is 2. The highest BCUT2D eigenvalue weighted by molar-refractivity contribution is 9.10. The SMILES string of the molecule is C.COCOc1ccc(/C=C/c2nc3cc(C)ccc3s2)cc1Br.Cc1ccc2sc(/C=C/c3ccc(O)c(Br)c3)nc2c1. The van der Waals surface area contributed by atoms with Crippen LogP contribution in [-0.4, -0.2) is 29.0 Å². The minimum atomic E-state index is 0. The van der Waals surface area contributed by atoms with Crippen molar-refractivity contribution in [3.8, 4) is 11.5 Å². The number of phenolic OH excluding ortho intramolecular Hbond substituents is 1. The van der Waals surface area contributed by atoms with Gasteiger partial charge >= 0.3 is 0 Å². The lowest BCUT2D eigenvalue weighted by atomic mass is 10.2. The highest BCUT2D eigenvalue weighted by atomic mass is 79.9. The Morgan fingerprint density at radius 2 is 1.23 bits per heavy atom. The summed E-state index contributed by atoms with van der Waals surface area (Å²) in [4.78, 5) is 9.25. The van der Waals surface area contributed by atoms with E-state index in [1.165, 1.54) is 20.5 Å². The van der Waals surface area contributed by atoms with Gasteiger partial charge in [0.2, 0.25) is 0 Å². The van der Waals surface area contributed by atoms with Crippen molar-refractivity contribution >= 4 is 99.3 Å². The van der Waals surface area contributed by atoms with Crippen molar-refractivity contribution in [1.82, 2.24) is 9.97 Å². The summed E-state index contributed by atoms with van der Waals surface area (Å²) in [7, 11) is 1.60. The molecule has 0 amide bonds. The van der Waals surface area contributed by atoms with Gasteiger partial charge in [-0.2, -0.15) is 0 Å². The van der Waals surface area contributed by atoms with Gasteiger partial charge < -0.3 is 14.6 Å². The molecule has 0 unspecified atom stereocenters. The number of fused-ring (bicyclic) bond motifs is 2. The largest absolute Gasteiger partial charge is 0.507 e. The quantitative estimate of drug-likeness (QED) is 0.165. The molecule has 0 bridgehead atoms. The van der Waals surface area contributed by atoms with Gasteiger partial charge in [-0.3, -0.25) is 0 Å². The van der Waals surface area contributed by atoms with Crippen LogP contribution < -0.4 is 4.74 Å². The summed E-state index contributed by atoms with van der Waals surface area (Å²) in [5, 5.41) is 11.5. The number of aromatic hydroxyl groups is 1. The molecule has 4 aromatic carbocycles. The van der Waals surface area contributed by atoms with Crippen LogP contribution in [0.1, 0.15) is 39.7 Å². The second kappa shape index (κ2) is 15.6. The average molecular weight is 753 g/mol. The molecule has 0 atom stereocenters. The maximum atomic E-state index is 9.47. The monoisotopic (exact) mass is 750 g/mol. The van der Waals surface area contributed by atoms with Crippen molar-refractivity contribution < 1.29 is 14.6 Å². The third-order valence-corrected chi connectivity index (χ3v) is 9.47. The molecule has 6 aromatic rings. The summed E-state index contributed by atoms with van der Waals surface area (Å²) >= 11 is 10.2. The zero-order valence-corrected chi connectivity index (χ0v) is 28.5. The fraction of sp³-hybridized carbons (Fsp3) is 0.143.